The van der Waals surface area contributed by atoms with E-state index in [4.69, 9.17) is 18.9 Å². The molecule has 3 aromatic carbocycles. The Balaban J connectivity index is 1.58. The number of nitrogens with one attached hydrogen (secondary N) is 2. The number of benzene rings is 3. The average molecular weight is 492 g/mol. The van der Waals surface area contributed by atoms with Crippen molar-refractivity contribution in [3.63, 3.8) is 0 Å². The summed E-state index contributed by atoms with van der Waals surface area (Å²) in [5.41, 5.74) is 1.60. The molecule has 2 amide bonds. The molecule has 3 aromatic rings. The summed E-state index contributed by atoms with van der Waals surface area (Å²) in [5.74, 6) is -0.290. The van der Waals surface area contributed by atoms with E-state index in [-0.39, 0.29) is 24.7 Å². The van der Waals surface area contributed by atoms with Crippen molar-refractivity contribution in [1.29, 1.82) is 0 Å². The standard InChI is InChI=1S/C26H24N2O8/c1-3-33-25(31)35-21-12-8-17(9-13-21)23(29)27-19-6-5-7-20(16-19)28-24(30)18-10-14-22(15-11-18)36-26(32)34-4-2/h5-16H,3-4H2,1-2H3,(H,27,29)(H,28,30). The van der Waals surface area contributed by atoms with E-state index in [0.717, 1.165) is 0 Å². The number of carbonyl (C=O) groups is 4. The number of anilines is 2. The lowest BCUT2D eigenvalue weighted by molar-refractivity contribution is 0.101. The third-order valence-electron chi connectivity index (χ3n) is 4.54. The minimum absolute atomic E-state index is 0.192. The van der Waals surface area contributed by atoms with Crippen molar-refractivity contribution >= 4 is 35.5 Å². The molecule has 0 atom stereocenters. The maximum absolute atomic E-state index is 12.6. The number of rotatable bonds is 8. The summed E-state index contributed by atoms with van der Waals surface area (Å²) in [6.07, 6.45) is -1.65. The molecule has 0 fully saturated rings. The second-order valence-electron chi connectivity index (χ2n) is 7.11. The first-order valence-electron chi connectivity index (χ1n) is 11.0. The summed E-state index contributed by atoms with van der Waals surface area (Å²) in [7, 11) is 0. The molecule has 0 aliphatic carbocycles. The first kappa shape index (κ1) is 25.8. The highest BCUT2D eigenvalue weighted by Gasteiger charge is 2.11. The quantitative estimate of drug-likeness (QED) is 0.322. The van der Waals surface area contributed by atoms with Crippen molar-refractivity contribution in [1.82, 2.24) is 0 Å². The van der Waals surface area contributed by atoms with E-state index in [9.17, 15) is 19.2 Å². The molecule has 2 N–H and O–H groups in total. The van der Waals surface area contributed by atoms with Gasteiger partial charge in [-0.15, -0.1) is 0 Å². The molecular weight excluding hydrogens is 468 g/mol. The maximum atomic E-state index is 12.6. The monoisotopic (exact) mass is 492 g/mol. The predicted octanol–water partition coefficient (Wildman–Crippen LogP) is 5.26. The van der Waals surface area contributed by atoms with Crippen molar-refractivity contribution in [2.75, 3.05) is 23.8 Å². The zero-order valence-corrected chi connectivity index (χ0v) is 19.6. The number of hydrogen-bond acceptors (Lipinski definition) is 8. The van der Waals surface area contributed by atoms with Crippen LogP contribution in [0.1, 0.15) is 34.6 Å². The van der Waals surface area contributed by atoms with Crippen LogP contribution in [0.2, 0.25) is 0 Å². The van der Waals surface area contributed by atoms with Crippen molar-refractivity contribution in [2.45, 2.75) is 13.8 Å². The molecule has 0 spiro atoms. The van der Waals surface area contributed by atoms with E-state index in [0.29, 0.717) is 22.5 Å². The molecule has 10 nitrogen and oxygen atoms in total. The van der Waals surface area contributed by atoms with Crippen LogP contribution in [0, 0.1) is 0 Å². The second kappa shape index (κ2) is 12.6. The fraction of sp³-hybridized carbons (Fsp3) is 0.154. The van der Waals surface area contributed by atoms with Gasteiger partial charge >= 0.3 is 12.3 Å². The van der Waals surface area contributed by atoms with Crippen molar-refractivity contribution in [3.05, 3.63) is 83.9 Å². The minimum atomic E-state index is -0.825. The minimum Gasteiger partial charge on any atom is -0.434 e. The molecule has 0 unspecified atom stereocenters. The molecule has 3 rings (SSSR count). The van der Waals surface area contributed by atoms with Crippen LogP contribution in [0.4, 0.5) is 21.0 Å². The summed E-state index contributed by atoms with van der Waals surface area (Å²) < 4.78 is 19.3. The number of hydrogen-bond donors (Lipinski definition) is 2. The van der Waals surface area contributed by atoms with Gasteiger partial charge in [0.2, 0.25) is 0 Å². The molecule has 0 aromatic heterocycles. The Morgan fingerprint density at radius 2 is 1.00 bits per heavy atom. The zero-order valence-electron chi connectivity index (χ0n) is 19.6. The molecule has 186 valence electrons. The Bertz CT molecular complexity index is 1130. The molecule has 10 heteroatoms. The number of amides is 2. The van der Waals surface area contributed by atoms with Crippen molar-refractivity contribution in [3.8, 4) is 11.5 Å². The van der Waals surface area contributed by atoms with Crippen LogP contribution in [0.5, 0.6) is 11.5 Å². The fourth-order valence-corrected chi connectivity index (χ4v) is 2.92. The van der Waals surface area contributed by atoms with Crippen LogP contribution in [-0.2, 0) is 9.47 Å². The van der Waals surface area contributed by atoms with Gasteiger partial charge in [-0.25, -0.2) is 9.59 Å². The Morgan fingerprint density at radius 3 is 1.36 bits per heavy atom. The van der Waals surface area contributed by atoms with Gasteiger partial charge in [-0.1, -0.05) is 6.07 Å². The molecular formula is C26H24N2O8. The fourth-order valence-electron chi connectivity index (χ4n) is 2.92. The number of ether oxygens (including phenoxy) is 4. The maximum Gasteiger partial charge on any atom is 0.513 e. The van der Waals surface area contributed by atoms with Crippen LogP contribution in [0.3, 0.4) is 0 Å². The van der Waals surface area contributed by atoms with Crippen LogP contribution < -0.4 is 20.1 Å². The number of carbonyl (C=O) groups excluding carboxylic acids is 4. The third kappa shape index (κ3) is 7.59. The lowest BCUT2D eigenvalue weighted by Gasteiger charge is -2.10. The lowest BCUT2D eigenvalue weighted by atomic mass is 10.2. The van der Waals surface area contributed by atoms with Gasteiger partial charge in [0.25, 0.3) is 11.8 Å². The van der Waals surface area contributed by atoms with Gasteiger partial charge in [-0.3, -0.25) is 9.59 Å². The molecule has 0 saturated heterocycles. The smallest absolute Gasteiger partial charge is 0.434 e. The zero-order chi connectivity index (χ0) is 25.9. The molecule has 0 bridgehead atoms. The molecule has 0 aliphatic heterocycles. The summed E-state index contributed by atoms with van der Waals surface area (Å²) in [4.78, 5) is 47.9. The van der Waals surface area contributed by atoms with Gasteiger partial charge in [-0.2, -0.15) is 0 Å². The van der Waals surface area contributed by atoms with Crippen LogP contribution in [0.25, 0.3) is 0 Å². The van der Waals surface area contributed by atoms with Gasteiger partial charge in [0.1, 0.15) is 11.5 Å². The van der Waals surface area contributed by atoms with Gasteiger partial charge in [0.15, 0.2) is 0 Å². The Kier molecular flexibility index (Phi) is 8.99. The highest BCUT2D eigenvalue weighted by Crippen LogP contribution is 2.19. The molecule has 0 saturated carbocycles. The van der Waals surface area contributed by atoms with E-state index >= 15 is 0 Å². The first-order valence-corrected chi connectivity index (χ1v) is 11.0. The Labute approximate surface area is 207 Å². The normalized spacial score (nSPS) is 10.1. The van der Waals surface area contributed by atoms with Crippen molar-refractivity contribution in [2.24, 2.45) is 0 Å². The SMILES string of the molecule is CCOC(=O)Oc1ccc(C(=O)Nc2cccc(NC(=O)c3ccc(OC(=O)OCC)cc3)c2)cc1. The molecule has 0 aliphatic rings. The lowest BCUT2D eigenvalue weighted by Crippen LogP contribution is -2.14. The summed E-state index contributed by atoms with van der Waals surface area (Å²) in [6, 6.07) is 18.6. The van der Waals surface area contributed by atoms with Crippen LogP contribution >= 0.6 is 0 Å². The summed E-state index contributed by atoms with van der Waals surface area (Å²) >= 11 is 0. The molecule has 0 radical (unpaired) electrons. The van der Waals surface area contributed by atoms with Gasteiger partial charge in [-0.05, 0) is 80.6 Å². The van der Waals surface area contributed by atoms with Crippen LogP contribution in [-0.4, -0.2) is 37.3 Å². The van der Waals surface area contributed by atoms with Gasteiger partial charge in [0.05, 0.1) is 13.2 Å². The average Bonchev–Trinajstić information content (AvgIpc) is 2.85. The Hall–Kier alpha value is -4.86. The molecule has 0 heterocycles. The summed E-state index contributed by atoms with van der Waals surface area (Å²) in [6.45, 7) is 3.71. The first-order chi connectivity index (χ1) is 17.4. The Morgan fingerprint density at radius 1 is 0.611 bits per heavy atom. The van der Waals surface area contributed by atoms with E-state index in [1.807, 2.05) is 0 Å². The van der Waals surface area contributed by atoms with E-state index in [1.54, 1.807) is 38.1 Å². The third-order valence-corrected chi connectivity index (χ3v) is 4.54. The highest BCUT2D eigenvalue weighted by molar-refractivity contribution is 6.06. The van der Waals surface area contributed by atoms with E-state index in [1.165, 1.54) is 48.5 Å². The topological polar surface area (TPSA) is 129 Å². The highest BCUT2D eigenvalue weighted by atomic mass is 16.7. The van der Waals surface area contributed by atoms with E-state index < -0.39 is 24.1 Å². The van der Waals surface area contributed by atoms with Crippen molar-refractivity contribution < 1.29 is 38.1 Å². The van der Waals surface area contributed by atoms with Gasteiger partial charge < -0.3 is 29.6 Å². The summed E-state index contributed by atoms with van der Waals surface area (Å²) in [5, 5.41) is 5.49. The second-order valence-corrected chi connectivity index (χ2v) is 7.11. The van der Waals surface area contributed by atoms with Crippen LogP contribution in [0.15, 0.2) is 72.8 Å². The van der Waals surface area contributed by atoms with E-state index in [2.05, 4.69) is 10.6 Å². The predicted molar refractivity (Wildman–Crippen MR) is 131 cm³/mol. The largest absolute Gasteiger partial charge is 0.513 e. The van der Waals surface area contributed by atoms with Gasteiger partial charge in [0, 0.05) is 22.5 Å². The molecule has 36 heavy (non-hydrogen) atoms.